The summed E-state index contributed by atoms with van der Waals surface area (Å²) in [5.74, 6) is 11.4. The first-order chi connectivity index (χ1) is 52.5. The van der Waals surface area contributed by atoms with Crippen LogP contribution in [0, 0.1) is 94.7 Å². The van der Waals surface area contributed by atoms with Crippen LogP contribution in [0.5, 0.6) is 0 Å². The Morgan fingerprint density at radius 1 is 0.209 bits per heavy atom. The molecule has 0 heterocycles. The van der Waals surface area contributed by atoms with E-state index in [1.54, 1.807) is 38.0 Å². The van der Waals surface area contributed by atoms with E-state index in [9.17, 15) is 38.4 Å². The summed E-state index contributed by atoms with van der Waals surface area (Å²) in [6.07, 6.45) is 37.0. The molecule has 0 aromatic rings. The third-order valence-corrected chi connectivity index (χ3v) is 22.6. The molecule has 110 heavy (non-hydrogen) atoms. The van der Waals surface area contributed by atoms with Crippen molar-refractivity contribution in [2.24, 2.45) is 94.7 Å². The average Bonchev–Trinajstić information content (AvgIpc) is 1.11. The maximum Gasteiger partial charge on any atom is 0.225 e. The summed E-state index contributed by atoms with van der Waals surface area (Å²) in [5.41, 5.74) is 0. The Balaban J connectivity index is -0.000000175. The summed E-state index contributed by atoms with van der Waals surface area (Å²) in [6, 6.07) is 0. The molecule has 8 aliphatic rings. The first-order valence-electron chi connectivity index (χ1n) is 46.2. The van der Waals surface area contributed by atoms with Gasteiger partial charge in [-0.25, -0.2) is 0 Å². The molecule has 16 heteroatoms. The number of carbonyl (C=O) groups excluding carboxylic acids is 8. The molecule has 8 rings (SSSR count). The number of rotatable bonds is 10. The van der Waals surface area contributed by atoms with Gasteiger partial charge < -0.3 is 40.9 Å². The van der Waals surface area contributed by atoms with Crippen LogP contribution < -0.4 is 21.3 Å². The SMILES string of the molecule is CC.CC.CC.CC.CC.CC.CC.CC.CC1CCC(C(=O)N(C)C)CC1.CC1CCC(C(=O)N(C)C)CC1.CCN(C)C(=O)C1CCC(C)CC1.CCN(C)C(=O)C1CCC(C)CC1.CNC(=O)C1CCC(C)CC1.CNC(=O)C1CCC(C)CC1.CNC(=O)C1CCC(C)CC1.CNC(=O)C1CCC(C)CC1. The van der Waals surface area contributed by atoms with Gasteiger partial charge in [0.25, 0.3) is 0 Å². The highest BCUT2D eigenvalue weighted by molar-refractivity contribution is 5.81. The fourth-order valence-electron chi connectivity index (χ4n) is 14.6. The van der Waals surface area contributed by atoms with Gasteiger partial charge in [-0.3, -0.25) is 38.4 Å². The largest absolute Gasteiger partial charge is 0.359 e. The third kappa shape index (κ3) is 59.4. The molecule has 0 saturated heterocycles. The normalized spacial score (nSPS) is 26.3. The lowest BCUT2D eigenvalue weighted by atomic mass is 9.82. The summed E-state index contributed by atoms with van der Waals surface area (Å²) in [6.45, 7) is 55.9. The monoisotopic (exact) mass is 1570 g/mol. The number of hydrogen-bond acceptors (Lipinski definition) is 8. The first kappa shape index (κ1) is 121. The van der Waals surface area contributed by atoms with Crippen molar-refractivity contribution in [2.45, 2.75) is 385 Å². The molecular formula is C94H196N8O8. The number of hydrogen-bond donors (Lipinski definition) is 4. The topological polar surface area (TPSA) is 198 Å². The second-order valence-corrected chi connectivity index (χ2v) is 31.3. The van der Waals surface area contributed by atoms with Crippen LogP contribution in [0.4, 0.5) is 0 Å². The van der Waals surface area contributed by atoms with Gasteiger partial charge in [0.2, 0.25) is 47.3 Å². The van der Waals surface area contributed by atoms with Crippen molar-refractivity contribution in [2.75, 3.05) is 83.6 Å². The van der Waals surface area contributed by atoms with Crippen molar-refractivity contribution in [1.82, 2.24) is 40.9 Å². The minimum absolute atomic E-state index is 0.233. The lowest BCUT2D eigenvalue weighted by Crippen LogP contribution is -2.34. The molecule has 4 N–H and O–H groups in total. The molecule has 8 aliphatic carbocycles. The van der Waals surface area contributed by atoms with E-state index in [0.717, 1.165) is 163 Å². The van der Waals surface area contributed by atoms with E-state index in [2.05, 4.69) is 76.7 Å². The zero-order valence-electron chi connectivity index (χ0n) is 80.3. The number of nitrogens with one attached hydrogen (secondary N) is 4. The zero-order chi connectivity index (χ0) is 87.0. The fourth-order valence-corrected chi connectivity index (χ4v) is 14.6. The number of amides is 8. The average molecular weight is 1570 g/mol. The molecular weight excluding hydrogens is 1370 g/mol. The molecule has 0 aromatic heterocycles. The maximum atomic E-state index is 11.8. The van der Waals surface area contributed by atoms with Gasteiger partial charge >= 0.3 is 0 Å². The number of nitrogens with zero attached hydrogens (tertiary/aromatic N) is 4. The van der Waals surface area contributed by atoms with Crippen LogP contribution in [0.1, 0.15) is 385 Å². The lowest BCUT2D eigenvalue weighted by molar-refractivity contribution is -0.136. The Morgan fingerprint density at radius 3 is 0.418 bits per heavy atom. The van der Waals surface area contributed by atoms with E-state index >= 15 is 0 Å². The molecule has 0 radical (unpaired) electrons. The molecule has 0 bridgehead atoms. The standard InChI is InChI=1S/2C11H21NO.2C10H19NO.4C9H17NO.8C2H6/c2*1-4-12(3)11(13)10-7-5-9(2)6-8-10;2*1-8-4-6-9(7-5-8)10(12)11(2)3;4*1-7-3-5-8(6-4-7)9(11)10-2;8*1-2/h2*9-10H,4-8H2,1-3H3;2*8-9H,4-7H2,1-3H3;4*7-8H,3-6H2,1-2H3,(H,10,11);8*1-2H3. The maximum absolute atomic E-state index is 11.8. The summed E-state index contributed by atoms with van der Waals surface area (Å²) in [7, 11) is 18.1. The van der Waals surface area contributed by atoms with Crippen LogP contribution in [-0.4, -0.2) is 150 Å². The molecule has 0 spiro atoms. The van der Waals surface area contributed by atoms with Gasteiger partial charge in [0.15, 0.2) is 0 Å². The van der Waals surface area contributed by atoms with Gasteiger partial charge in [-0.1, -0.05) is 166 Å². The highest BCUT2D eigenvalue weighted by atomic mass is 16.2. The molecule has 0 atom stereocenters. The second-order valence-electron chi connectivity index (χ2n) is 31.3. The van der Waals surface area contributed by atoms with E-state index in [1.807, 2.05) is 177 Å². The van der Waals surface area contributed by atoms with Crippen molar-refractivity contribution >= 4 is 47.3 Å². The van der Waals surface area contributed by atoms with Crippen LogP contribution in [0.3, 0.4) is 0 Å². The van der Waals surface area contributed by atoms with Gasteiger partial charge in [0, 0.05) is 131 Å². The predicted octanol–water partition coefficient (Wildman–Crippen LogP) is 22.8. The fraction of sp³-hybridized carbons (Fsp3) is 0.915. The summed E-state index contributed by atoms with van der Waals surface area (Å²) in [4.78, 5) is 98.4. The molecule has 660 valence electrons. The van der Waals surface area contributed by atoms with Crippen LogP contribution in [0.2, 0.25) is 0 Å². The van der Waals surface area contributed by atoms with Gasteiger partial charge in [-0.15, -0.1) is 0 Å². The van der Waals surface area contributed by atoms with Crippen LogP contribution in [-0.2, 0) is 38.4 Å². The summed E-state index contributed by atoms with van der Waals surface area (Å²) < 4.78 is 0. The minimum Gasteiger partial charge on any atom is -0.359 e. The third-order valence-electron chi connectivity index (χ3n) is 22.6. The smallest absolute Gasteiger partial charge is 0.225 e. The predicted molar refractivity (Wildman–Crippen MR) is 480 cm³/mol. The van der Waals surface area contributed by atoms with E-state index < -0.39 is 0 Å². The number of carbonyl (C=O) groups is 8. The van der Waals surface area contributed by atoms with Crippen LogP contribution in [0.25, 0.3) is 0 Å². The van der Waals surface area contributed by atoms with Gasteiger partial charge in [-0.2, -0.15) is 0 Å². The summed E-state index contributed by atoms with van der Waals surface area (Å²) in [5, 5.41) is 10.8. The van der Waals surface area contributed by atoms with Crippen molar-refractivity contribution in [1.29, 1.82) is 0 Å². The lowest BCUT2D eigenvalue weighted by Gasteiger charge is -2.28. The highest BCUT2D eigenvalue weighted by Crippen LogP contribution is 2.35. The Morgan fingerprint density at radius 2 is 0.318 bits per heavy atom. The first-order valence-corrected chi connectivity index (χ1v) is 46.2. The highest BCUT2D eigenvalue weighted by Gasteiger charge is 2.31. The quantitative estimate of drug-likeness (QED) is 0.166. The van der Waals surface area contributed by atoms with Crippen LogP contribution >= 0.6 is 0 Å². The molecule has 8 saturated carbocycles. The summed E-state index contributed by atoms with van der Waals surface area (Å²) >= 11 is 0. The van der Waals surface area contributed by atoms with Gasteiger partial charge in [-0.05, 0) is 267 Å². The molecule has 16 nitrogen and oxygen atoms in total. The van der Waals surface area contributed by atoms with Crippen molar-refractivity contribution in [3.8, 4) is 0 Å². The van der Waals surface area contributed by atoms with E-state index in [4.69, 9.17) is 0 Å². The molecule has 0 aromatic carbocycles. The molecule has 8 amide bonds. The second kappa shape index (κ2) is 81.3. The minimum atomic E-state index is 0.233. The Hall–Kier alpha value is -4.24. The van der Waals surface area contributed by atoms with Crippen LogP contribution in [0.15, 0.2) is 0 Å². The molecule has 8 fully saturated rings. The Labute approximate surface area is 686 Å². The van der Waals surface area contributed by atoms with Gasteiger partial charge in [0.05, 0.1) is 0 Å². The van der Waals surface area contributed by atoms with E-state index in [1.165, 1.54) is 103 Å². The van der Waals surface area contributed by atoms with Gasteiger partial charge in [0.1, 0.15) is 0 Å². The van der Waals surface area contributed by atoms with E-state index in [-0.39, 0.29) is 23.6 Å². The van der Waals surface area contributed by atoms with Crippen molar-refractivity contribution < 1.29 is 38.4 Å². The molecule has 0 unspecified atom stereocenters. The zero-order valence-corrected chi connectivity index (χ0v) is 80.3. The van der Waals surface area contributed by atoms with Crippen molar-refractivity contribution in [3.63, 3.8) is 0 Å². The van der Waals surface area contributed by atoms with Crippen molar-refractivity contribution in [3.05, 3.63) is 0 Å². The Bertz CT molecular complexity index is 1870. The molecule has 0 aliphatic heterocycles. The van der Waals surface area contributed by atoms with E-state index in [0.29, 0.717) is 71.0 Å². The Kier molecular flexibility index (Phi) is 89.8.